The van der Waals surface area contributed by atoms with Gasteiger partial charge in [0, 0.05) is 42.6 Å². The zero-order valence-electron chi connectivity index (χ0n) is 20.7. The molecule has 0 radical (unpaired) electrons. The first kappa shape index (κ1) is 23.5. The van der Waals surface area contributed by atoms with E-state index in [9.17, 15) is 9.59 Å². The predicted octanol–water partition coefficient (Wildman–Crippen LogP) is 4.96. The molecular weight excluding hydrogens is 480 g/mol. The third-order valence-electron chi connectivity index (χ3n) is 6.71. The van der Waals surface area contributed by atoms with Crippen LogP contribution in [0.25, 0.3) is 21.7 Å². The number of benzene rings is 3. The lowest BCUT2D eigenvalue weighted by Crippen LogP contribution is -2.49. The maximum atomic E-state index is 12.7. The molecule has 1 aliphatic rings. The molecular formula is C30H26N4O4. The maximum absolute atomic E-state index is 12.7. The molecule has 0 spiro atoms. The number of ether oxygens (including phenoxy) is 1. The first-order chi connectivity index (χ1) is 18.7. The van der Waals surface area contributed by atoms with E-state index in [1.54, 1.807) is 17.0 Å². The number of nitrogens with zero attached hydrogens (tertiary/aromatic N) is 3. The Kier molecular flexibility index (Phi) is 6.35. The smallest absolute Gasteiger partial charge is 0.289 e. The Balaban J connectivity index is 1.13. The number of rotatable bonds is 6. The van der Waals surface area contributed by atoms with Gasteiger partial charge in [0.1, 0.15) is 17.1 Å². The van der Waals surface area contributed by atoms with E-state index < -0.39 is 0 Å². The van der Waals surface area contributed by atoms with E-state index >= 15 is 0 Å². The number of hydrogen-bond acceptors (Lipinski definition) is 6. The zero-order chi connectivity index (χ0) is 25.9. The van der Waals surface area contributed by atoms with E-state index in [-0.39, 0.29) is 18.4 Å². The molecule has 0 aliphatic carbocycles. The average Bonchev–Trinajstić information content (AvgIpc) is 3.51. The van der Waals surface area contributed by atoms with Crippen molar-refractivity contribution >= 4 is 45.0 Å². The van der Waals surface area contributed by atoms with E-state index in [4.69, 9.17) is 14.1 Å². The minimum Gasteiger partial charge on any atom is -0.481 e. The van der Waals surface area contributed by atoms with Gasteiger partial charge in [0.2, 0.25) is 0 Å². The molecule has 6 rings (SSSR count). The number of carbonyl (C=O) groups is 2. The minimum absolute atomic E-state index is 0.0985. The van der Waals surface area contributed by atoms with Crippen molar-refractivity contribution in [1.82, 2.24) is 9.88 Å². The lowest BCUT2D eigenvalue weighted by Gasteiger charge is -2.35. The van der Waals surface area contributed by atoms with Gasteiger partial charge in [-0.3, -0.25) is 9.59 Å². The number of piperazine rings is 1. The van der Waals surface area contributed by atoms with Gasteiger partial charge in [0.05, 0.1) is 6.26 Å². The highest BCUT2D eigenvalue weighted by atomic mass is 16.5. The van der Waals surface area contributed by atoms with Crippen molar-refractivity contribution < 1.29 is 18.7 Å². The standard InChI is InChI=1S/C30H26N4O4/c35-28(31-24-10-3-7-21-6-1-2-9-23(21)24)20-38-25-11-4-8-22-13-14-27(32-29(22)25)33-15-17-34(18-16-33)30(36)26-12-5-19-37-26/h1-14,19H,15-18,20H2,(H,31,35). The molecule has 2 amide bonds. The Morgan fingerprint density at radius 3 is 2.47 bits per heavy atom. The van der Waals surface area contributed by atoms with E-state index in [1.807, 2.05) is 72.8 Å². The summed E-state index contributed by atoms with van der Waals surface area (Å²) < 4.78 is 11.2. The molecule has 3 heterocycles. The highest BCUT2D eigenvalue weighted by Gasteiger charge is 2.24. The van der Waals surface area contributed by atoms with Gasteiger partial charge in [0.25, 0.3) is 11.8 Å². The van der Waals surface area contributed by atoms with Crippen LogP contribution in [0, 0.1) is 0 Å². The second kappa shape index (κ2) is 10.3. The second-order valence-corrected chi connectivity index (χ2v) is 9.12. The van der Waals surface area contributed by atoms with Crippen LogP contribution in [-0.4, -0.2) is 54.5 Å². The van der Waals surface area contributed by atoms with Crippen molar-refractivity contribution in [3.05, 3.63) is 97.0 Å². The van der Waals surface area contributed by atoms with Crippen LogP contribution in [0.3, 0.4) is 0 Å². The van der Waals surface area contributed by atoms with Crippen molar-refractivity contribution in [2.75, 3.05) is 43.0 Å². The summed E-state index contributed by atoms with van der Waals surface area (Å²) in [6, 6.07) is 26.8. The lowest BCUT2D eigenvalue weighted by atomic mass is 10.1. The van der Waals surface area contributed by atoms with Gasteiger partial charge in [-0.15, -0.1) is 0 Å². The average molecular weight is 507 g/mol. The molecule has 1 saturated heterocycles. The molecule has 1 fully saturated rings. The molecule has 0 bridgehead atoms. The van der Waals surface area contributed by atoms with Gasteiger partial charge >= 0.3 is 0 Å². The number of fused-ring (bicyclic) bond motifs is 2. The van der Waals surface area contributed by atoms with E-state index in [0.29, 0.717) is 43.2 Å². The number of furan rings is 1. The fourth-order valence-electron chi connectivity index (χ4n) is 4.76. The molecule has 5 aromatic rings. The van der Waals surface area contributed by atoms with E-state index in [1.165, 1.54) is 6.26 Å². The number of pyridine rings is 1. The molecule has 38 heavy (non-hydrogen) atoms. The molecule has 1 aliphatic heterocycles. The number of anilines is 2. The van der Waals surface area contributed by atoms with Gasteiger partial charge in [0.15, 0.2) is 12.4 Å². The minimum atomic E-state index is -0.244. The molecule has 8 nitrogen and oxygen atoms in total. The molecule has 0 atom stereocenters. The predicted molar refractivity (Wildman–Crippen MR) is 147 cm³/mol. The van der Waals surface area contributed by atoms with Crippen LogP contribution in [0.5, 0.6) is 5.75 Å². The molecule has 1 N–H and O–H groups in total. The summed E-state index contributed by atoms with van der Waals surface area (Å²) >= 11 is 0. The van der Waals surface area contributed by atoms with Crippen molar-refractivity contribution in [3.8, 4) is 5.75 Å². The lowest BCUT2D eigenvalue weighted by molar-refractivity contribution is -0.118. The third kappa shape index (κ3) is 4.76. The monoisotopic (exact) mass is 506 g/mol. The summed E-state index contributed by atoms with van der Waals surface area (Å²) in [6.07, 6.45) is 1.51. The molecule has 2 aromatic heterocycles. The maximum Gasteiger partial charge on any atom is 0.289 e. The van der Waals surface area contributed by atoms with Crippen molar-refractivity contribution in [1.29, 1.82) is 0 Å². The zero-order valence-corrected chi connectivity index (χ0v) is 20.7. The number of para-hydroxylation sites is 1. The summed E-state index contributed by atoms with van der Waals surface area (Å²) in [4.78, 5) is 34.1. The van der Waals surface area contributed by atoms with Crippen molar-refractivity contribution in [2.24, 2.45) is 0 Å². The summed E-state index contributed by atoms with van der Waals surface area (Å²) in [5.41, 5.74) is 1.44. The van der Waals surface area contributed by atoms with E-state index in [2.05, 4.69) is 10.2 Å². The Hall–Kier alpha value is -4.85. The van der Waals surface area contributed by atoms with E-state index in [0.717, 1.165) is 27.7 Å². The highest BCUT2D eigenvalue weighted by Crippen LogP contribution is 2.28. The fourth-order valence-corrected chi connectivity index (χ4v) is 4.76. The van der Waals surface area contributed by atoms with Crippen molar-refractivity contribution in [3.63, 3.8) is 0 Å². The molecule has 0 unspecified atom stereocenters. The van der Waals surface area contributed by atoms with Gasteiger partial charge in [-0.1, -0.05) is 48.5 Å². The third-order valence-corrected chi connectivity index (χ3v) is 6.71. The van der Waals surface area contributed by atoms with Gasteiger partial charge in [-0.25, -0.2) is 4.98 Å². The summed E-state index contributed by atoms with van der Waals surface area (Å²) in [5, 5.41) is 5.92. The summed E-state index contributed by atoms with van der Waals surface area (Å²) in [6.45, 7) is 2.32. The van der Waals surface area contributed by atoms with Crippen molar-refractivity contribution in [2.45, 2.75) is 0 Å². The molecule has 8 heteroatoms. The van der Waals surface area contributed by atoms with Crippen LogP contribution in [0.1, 0.15) is 10.6 Å². The summed E-state index contributed by atoms with van der Waals surface area (Å²) in [7, 11) is 0. The Morgan fingerprint density at radius 2 is 1.63 bits per heavy atom. The fraction of sp³-hybridized carbons (Fsp3) is 0.167. The first-order valence-corrected chi connectivity index (χ1v) is 12.5. The van der Waals surface area contributed by atoms with Gasteiger partial charge < -0.3 is 24.3 Å². The second-order valence-electron chi connectivity index (χ2n) is 9.12. The number of aromatic nitrogens is 1. The van der Waals surface area contributed by atoms with Crippen LogP contribution in [0.15, 0.2) is 95.6 Å². The van der Waals surface area contributed by atoms with Crippen LogP contribution in [0.4, 0.5) is 11.5 Å². The Morgan fingerprint density at radius 1 is 0.842 bits per heavy atom. The topological polar surface area (TPSA) is 87.9 Å². The first-order valence-electron chi connectivity index (χ1n) is 12.5. The van der Waals surface area contributed by atoms with Crippen LogP contribution >= 0.6 is 0 Å². The quantitative estimate of drug-likeness (QED) is 0.350. The van der Waals surface area contributed by atoms with Crippen LogP contribution in [-0.2, 0) is 4.79 Å². The SMILES string of the molecule is O=C(COc1cccc2ccc(N3CCN(C(=O)c4ccco4)CC3)nc12)Nc1cccc2ccccc12. The number of carbonyl (C=O) groups excluding carboxylic acids is 2. The number of nitrogens with one attached hydrogen (secondary N) is 1. The van der Waals surface area contributed by atoms with Crippen LogP contribution < -0.4 is 15.0 Å². The summed E-state index contributed by atoms with van der Waals surface area (Å²) in [5.74, 6) is 1.36. The number of amides is 2. The number of hydrogen-bond donors (Lipinski definition) is 1. The van der Waals surface area contributed by atoms with Gasteiger partial charge in [-0.2, -0.15) is 0 Å². The highest BCUT2D eigenvalue weighted by molar-refractivity contribution is 6.02. The Bertz CT molecular complexity index is 1600. The molecule has 0 saturated carbocycles. The molecule has 190 valence electrons. The Labute approximate surface area is 219 Å². The molecule has 3 aromatic carbocycles. The normalized spacial score (nSPS) is 13.6. The van der Waals surface area contributed by atoms with Crippen LogP contribution in [0.2, 0.25) is 0 Å². The largest absolute Gasteiger partial charge is 0.481 e. The van der Waals surface area contributed by atoms with Gasteiger partial charge in [-0.05, 0) is 41.8 Å².